The minimum atomic E-state index is -0.0256. The molecule has 1 aromatic carbocycles. The Morgan fingerprint density at radius 3 is 2.78 bits per heavy atom. The van der Waals surface area contributed by atoms with Gasteiger partial charge in [0.05, 0.1) is 11.7 Å². The van der Waals surface area contributed by atoms with E-state index in [1.54, 1.807) is 0 Å². The van der Waals surface area contributed by atoms with Crippen molar-refractivity contribution in [2.75, 3.05) is 5.32 Å². The maximum atomic E-state index is 8.58. The zero-order valence-corrected chi connectivity index (χ0v) is 14.1. The average Bonchev–Trinajstić information content (AvgIpc) is 2.55. The van der Waals surface area contributed by atoms with E-state index in [0.29, 0.717) is 0 Å². The van der Waals surface area contributed by atoms with E-state index in [1.807, 2.05) is 18.2 Å². The van der Waals surface area contributed by atoms with Gasteiger partial charge >= 0.3 is 0 Å². The van der Waals surface area contributed by atoms with Gasteiger partial charge in [-0.2, -0.15) is 0 Å². The number of nitrogens with two attached hydrogens (primary N) is 2. The molecule has 5 nitrogen and oxygen atoms in total. The van der Waals surface area contributed by atoms with Crippen LogP contribution in [0.3, 0.4) is 0 Å². The molecule has 0 aliphatic heterocycles. The predicted molar refractivity (Wildman–Crippen MR) is 95.5 cm³/mol. The lowest BCUT2D eigenvalue weighted by atomic mass is 9.92. The van der Waals surface area contributed by atoms with Crippen LogP contribution in [0.4, 0.5) is 5.69 Å². The van der Waals surface area contributed by atoms with Crippen molar-refractivity contribution in [3.05, 3.63) is 34.5 Å². The molecule has 6 heteroatoms. The summed E-state index contributed by atoms with van der Waals surface area (Å²) in [5, 5.41) is 5.33. The van der Waals surface area contributed by atoms with Crippen molar-refractivity contribution < 1.29 is 4.79 Å². The van der Waals surface area contributed by atoms with Crippen LogP contribution in [0.5, 0.6) is 0 Å². The van der Waals surface area contributed by atoms with Gasteiger partial charge in [0, 0.05) is 21.8 Å². The third-order valence-electron chi connectivity index (χ3n) is 3.99. The van der Waals surface area contributed by atoms with Gasteiger partial charge < -0.3 is 16.8 Å². The molecule has 1 heterocycles. The SMILES string of the molecule is CCC(N)Nc1c2c(nc3cc(Cl)ccc13)CCCC2.NC=O. The van der Waals surface area contributed by atoms with E-state index < -0.39 is 0 Å². The van der Waals surface area contributed by atoms with E-state index in [-0.39, 0.29) is 12.6 Å². The van der Waals surface area contributed by atoms with Crippen LogP contribution in [-0.4, -0.2) is 17.6 Å². The molecule has 0 radical (unpaired) electrons. The fourth-order valence-corrected chi connectivity index (χ4v) is 3.02. The Morgan fingerprint density at radius 1 is 1.39 bits per heavy atom. The Bertz CT molecular complexity index is 690. The smallest absolute Gasteiger partial charge is 0.204 e. The quantitative estimate of drug-likeness (QED) is 0.594. The summed E-state index contributed by atoms with van der Waals surface area (Å²) in [6.07, 6.45) is 5.69. The fraction of sp³-hybridized carbons (Fsp3) is 0.412. The fourth-order valence-electron chi connectivity index (χ4n) is 2.85. The first-order valence-corrected chi connectivity index (χ1v) is 8.27. The summed E-state index contributed by atoms with van der Waals surface area (Å²) in [4.78, 5) is 13.4. The first kappa shape index (κ1) is 17.5. The molecule has 1 amide bonds. The number of hydrogen-bond acceptors (Lipinski definition) is 4. The molecule has 124 valence electrons. The summed E-state index contributed by atoms with van der Waals surface area (Å²) in [5.74, 6) is 0. The van der Waals surface area contributed by atoms with Crippen molar-refractivity contribution in [3.63, 3.8) is 0 Å². The molecule has 1 unspecified atom stereocenters. The third-order valence-corrected chi connectivity index (χ3v) is 4.23. The number of hydrogen-bond donors (Lipinski definition) is 3. The molecule has 0 spiro atoms. The number of carbonyl (C=O) groups excluding carboxylic acids is 1. The zero-order valence-electron chi connectivity index (χ0n) is 13.3. The molecule has 2 aromatic rings. The number of nitrogens with zero attached hydrogens (tertiary/aromatic N) is 1. The molecule has 1 atom stereocenters. The van der Waals surface area contributed by atoms with Crippen LogP contribution in [0.1, 0.15) is 37.4 Å². The highest BCUT2D eigenvalue weighted by Gasteiger charge is 2.19. The summed E-state index contributed by atoms with van der Waals surface area (Å²) >= 11 is 6.10. The Hall–Kier alpha value is -1.85. The predicted octanol–water partition coefficient (Wildman–Crippen LogP) is 2.98. The van der Waals surface area contributed by atoms with Gasteiger partial charge in [-0.25, -0.2) is 0 Å². The van der Waals surface area contributed by atoms with Gasteiger partial charge in [0.25, 0.3) is 0 Å². The van der Waals surface area contributed by atoms with Crippen LogP contribution in [-0.2, 0) is 17.6 Å². The zero-order chi connectivity index (χ0) is 16.8. The van der Waals surface area contributed by atoms with Gasteiger partial charge in [0.1, 0.15) is 0 Å². The molecule has 0 fully saturated rings. The van der Waals surface area contributed by atoms with Crippen LogP contribution in [0.25, 0.3) is 10.9 Å². The number of benzene rings is 1. The Kier molecular flexibility index (Phi) is 6.19. The molecule has 3 rings (SSSR count). The van der Waals surface area contributed by atoms with Crippen molar-refractivity contribution in [1.82, 2.24) is 4.98 Å². The number of pyridine rings is 1. The second-order valence-electron chi connectivity index (χ2n) is 5.58. The van der Waals surface area contributed by atoms with Crippen LogP contribution in [0.15, 0.2) is 18.2 Å². The topological polar surface area (TPSA) is 94.0 Å². The lowest BCUT2D eigenvalue weighted by Crippen LogP contribution is -2.29. The normalized spacial score (nSPS) is 14.4. The Morgan fingerprint density at radius 2 is 2.09 bits per heavy atom. The molecule has 1 aliphatic carbocycles. The maximum Gasteiger partial charge on any atom is 0.204 e. The minimum Gasteiger partial charge on any atom is -0.372 e. The number of aromatic nitrogens is 1. The Balaban J connectivity index is 0.000000595. The van der Waals surface area contributed by atoms with E-state index in [0.717, 1.165) is 40.9 Å². The highest BCUT2D eigenvalue weighted by atomic mass is 35.5. The van der Waals surface area contributed by atoms with Crippen molar-refractivity contribution in [2.45, 2.75) is 45.2 Å². The van der Waals surface area contributed by atoms with Gasteiger partial charge in [-0.3, -0.25) is 9.78 Å². The minimum absolute atomic E-state index is 0.0256. The number of anilines is 1. The number of carbonyl (C=O) groups is 1. The number of primary amides is 1. The number of fused-ring (bicyclic) bond motifs is 2. The van der Waals surface area contributed by atoms with Gasteiger partial charge in [-0.15, -0.1) is 0 Å². The number of nitrogens with one attached hydrogen (secondary N) is 1. The van der Waals surface area contributed by atoms with E-state index in [9.17, 15) is 0 Å². The highest BCUT2D eigenvalue weighted by molar-refractivity contribution is 6.31. The third kappa shape index (κ3) is 4.12. The van der Waals surface area contributed by atoms with Crippen molar-refractivity contribution in [3.8, 4) is 0 Å². The van der Waals surface area contributed by atoms with Gasteiger partial charge in [-0.1, -0.05) is 18.5 Å². The first-order chi connectivity index (χ1) is 11.1. The van der Waals surface area contributed by atoms with Crippen molar-refractivity contribution in [1.29, 1.82) is 0 Å². The molecular weight excluding hydrogens is 312 g/mol. The van der Waals surface area contributed by atoms with Gasteiger partial charge in [-0.05, 0) is 55.9 Å². The number of rotatable bonds is 3. The van der Waals surface area contributed by atoms with Crippen molar-refractivity contribution in [2.24, 2.45) is 11.5 Å². The van der Waals surface area contributed by atoms with E-state index in [1.165, 1.54) is 24.1 Å². The number of aryl methyl sites for hydroxylation is 1. The monoisotopic (exact) mass is 334 g/mol. The van der Waals surface area contributed by atoms with Gasteiger partial charge in [0.2, 0.25) is 6.41 Å². The summed E-state index contributed by atoms with van der Waals surface area (Å²) in [6.45, 7) is 2.09. The maximum absolute atomic E-state index is 8.58. The number of halogens is 1. The van der Waals surface area contributed by atoms with E-state index in [2.05, 4.69) is 18.0 Å². The van der Waals surface area contributed by atoms with Crippen LogP contribution in [0, 0.1) is 0 Å². The van der Waals surface area contributed by atoms with Crippen LogP contribution >= 0.6 is 11.6 Å². The summed E-state index contributed by atoms with van der Waals surface area (Å²) in [7, 11) is 0. The first-order valence-electron chi connectivity index (χ1n) is 7.89. The van der Waals surface area contributed by atoms with Crippen LogP contribution in [0.2, 0.25) is 5.02 Å². The van der Waals surface area contributed by atoms with Crippen LogP contribution < -0.4 is 16.8 Å². The summed E-state index contributed by atoms with van der Waals surface area (Å²) in [6, 6.07) is 5.90. The lowest BCUT2D eigenvalue weighted by molar-refractivity contribution is -0.106. The summed E-state index contributed by atoms with van der Waals surface area (Å²) < 4.78 is 0. The number of amides is 1. The molecule has 0 saturated heterocycles. The molecule has 0 bridgehead atoms. The molecule has 0 saturated carbocycles. The molecular formula is C17H23ClN4O. The standard InChI is InChI=1S/C16H20ClN3.CH3NO/c1-2-15(18)20-16-11-5-3-4-6-13(11)19-14-9-10(17)7-8-12(14)16;2-1-3/h7-9,15H,2-6,18H2,1H3,(H,19,20);1H,(H2,2,3). The summed E-state index contributed by atoms with van der Waals surface area (Å²) in [5.41, 5.74) is 14.9. The van der Waals surface area contributed by atoms with Crippen molar-refractivity contribution >= 4 is 34.6 Å². The second-order valence-corrected chi connectivity index (χ2v) is 6.01. The lowest BCUT2D eigenvalue weighted by Gasteiger charge is -2.24. The average molecular weight is 335 g/mol. The second kappa shape index (κ2) is 8.13. The van der Waals surface area contributed by atoms with Gasteiger partial charge in [0.15, 0.2) is 0 Å². The molecule has 1 aliphatic rings. The largest absolute Gasteiger partial charge is 0.372 e. The van der Waals surface area contributed by atoms with E-state index in [4.69, 9.17) is 27.1 Å². The van der Waals surface area contributed by atoms with E-state index >= 15 is 0 Å². The Labute approximate surface area is 141 Å². The molecule has 1 aromatic heterocycles. The highest BCUT2D eigenvalue weighted by Crippen LogP contribution is 2.34. The molecule has 5 N–H and O–H groups in total. The molecule has 23 heavy (non-hydrogen) atoms.